The fraction of sp³-hybridized carbons (Fsp3) is 0.273. The molecule has 6 heteroatoms. The highest BCUT2D eigenvalue weighted by molar-refractivity contribution is 9.10. The lowest BCUT2D eigenvalue weighted by Crippen LogP contribution is -1.99. The third-order valence-corrected chi connectivity index (χ3v) is 3.84. The third kappa shape index (κ3) is 2.28. The number of esters is 1. The van der Waals surface area contributed by atoms with Gasteiger partial charge in [-0.15, -0.1) is 11.3 Å². The van der Waals surface area contributed by atoms with Crippen LogP contribution in [0.5, 0.6) is 0 Å². The summed E-state index contributed by atoms with van der Waals surface area (Å²) in [5.74, 6) is -0.306. The van der Waals surface area contributed by atoms with Crippen molar-refractivity contribution in [3.8, 4) is 11.3 Å². The number of hydrogen-bond donors (Lipinski definition) is 0. The molecule has 0 fully saturated rings. The minimum absolute atomic E-state index is 0.306. The number of methoxy groups -OCH3 is 1. The number of rotatable bonds is 3. The molecular weight excluding hydrogens is 304 g/mol. The molecule has 4 nitrogen and oxygen atoms in total. The number of carbonyl (C=O) groups excluding carboxylic acids is 1. The molecule has 0 N–H and O–H groups in total. The van der Waals surface area contributed by atoms with E-state index in [1.807, 2.05) is 23.1 Å². The molecule has 0 saturated carbocycles. The van der Waals surface area contributed by atoms with Gasteiger partial charge in [0.15, 0.2) is 0 Å². The minimum Gasteiger partial charge on any atom is -0.465 e. The Morgan fingerprint density at radius 1 is 1.65 bits per heavy atom. The van der Waals surface area contributed by atoms with E-state index in [0.717, 1.165) is 22.3 Å². The highest BCUT2D eigenvalue weighted by Crippen LogP contribution is 2.31. The molecule has 0 spiro atoms. The molecule has 0 radical (unpaired) electrons. The molecule has 0 saturated heterocycles. The summed E-state index contributed by atoms with van der Waals surface area (Å²) < 4.78 is 7.50. The zero-order chi connectivity index (χ0) is 12.4. The smallest absolute Gasteiger partial charge is 0.348 e. The predicted molar refractivity (Wildman–Crippen MR) is 70.3 cm³/mol. The van der Waals surface area contributed by atoms with Gasteiger partial charge in [0.1, 0.15) is 4.88 Å². The minimum atomic E-state index is -0.306. The highest BCUT2D eigenvalue weighted by Gasteiger charge is 2.15. The Kier molecular flexibility index (Phi) is 3.63. The number of thiophene rings is 1. The first kappa shape index (κ1) is 12.3. The summed E-state index contributed by atoms with van der Waals surface area (Å²) in [7, 11) is 1.38. The van der Waals surface area contributed by atoms with Crippen molar-refractivity contribution in [1.29, 1.82) is 0 Å². The first-order valence-electron chi connectivity index (χ1n) is 5.06. The van der Waals surface area contributed by atoms with Crippen LogP contribution in [0.25, 0.3) is 11.3 Å². The maximum absolute atomic E-state index is 11.4. The third-order valence-electron chi connectivity index (χ3n) is 2.35. The molecule has 17 heavy (non-hydrogen) atoms. The predicted octanol–water partition coefficient (Wildman–Crippen LogP) is 3.18. The van der Waals surface area contributed by atoms with Crippen molar-refractivity contribution < 1.29 is 9.53 Å². The summed E-state index contributed by atoms with van der Waals surface area (Å²) in [6.07, 6.45) is 1.76. The van der Waals surface area contributed by atoms with E-state index in [-0.39, 0.29) is 5.97 Å². The van der Waals surface area contributed by atoms with Gasteiger partial charge in [0, 0.05) is 17.5 Å². The number of nitrogens with zero attached hydrogens (tertiary/aromatic N) is 2. The van der Waals surface area contributed by atoms with Crippen LogP contribution < -0.4 is 0 Å². The fourth-order valence-electron chi connectivity index (χ4n) is 1.56. The van der Waals surface area contributed by atoms with Crippen molar-refractivity contribution in [2.75, 3.05) is 7.11 Å². The van der Waals surface area contributed by atoms with Gasteiger partial charge >= 0.3 is 5.97 Å². The van der Waals surface area contributed by atoms with Crippen LogP contribution in [0.15, 0.2) is 22.1 Å². The molecule has 0 aliphatic heterocycles. The molecule has 2 aromatic rings. The molecule has 0 aliphatic carbocycles. The van der Waals surface area contributed by atoms with Crippen molar-refractivity contribution in [1.82, 2.24) is 9.78 Å². The Morgan fingerprint density at radius 3 is 3.06 bits per heavy atom. The number of aromatic nitrogens is 2. The Bertz CT molecular complexity index is 547. The van der Waals surface area contributed by atoms with Gasteiger partial charge in [-0.3, -0.25) is 4.68 Å². The van der Waals surface area contributed by atoms with Gasteiger partial charge in [0.2, 0.25) is 0 Å². The molecule has 0 unspecified atom stereocenters. The monoisotopic (exact) mass is 314 g/mol. The Balaban J connectivity index is 2.43. The fourth-order valence-corrected chi connectivity index (χ4v) is 2.89. The van der Waals surface area contributed by atoms with Crippen LogP contribution in [0.3, 0.4) is 0 Å². The van der Waals surface area contributed by atoms with E-state index in [4.69, 9.17) is 4.74 Å². The lowest BCUT2D eigenvalue weighted by molar-refractivity contribution is 0.0606. The quantitative estimate of drug-likeness (QED) is 0.817. The van der Waals surface area contributed by atoms with Gasteiger partial charge in [-0.2, -0.15) is 5.10 Å². The zero-order valence-electron chi connectivity index (χ0n) is 9.44. The zero-order valence-corrected chi connectivity index (χ0v) is 11.8. The van der Waals surface area contributed by atoms with E-state index in [1.54, 1.807) is 6.20 Å². The standard InChI is InChI=1S/C11H11BrN2O2S/c1-3-14-10(8(12)5-13-14)7-4-9(17-6-7)11(15)16-2/h4-6H,3H2,1-2H3. The van der Waals surface area contributed by atoms with Crippen LogP contribution >= 0.6 is 27.3 Å². The van der Waals surface area contributed by atoms with Crippen LogP contribution in [-0.4, -0.2) is 22.9 Å². The maximum Gasteiger partial charge on any atom is 0.348 e. The maximum atomic E-state index is 11.4. The molecule has 2 aromatic heterocycles. The van der Waals surface area contributed by atoms with Crippen molar-refractivity contribution in [2.45, 2.75) is 13.5 Å². The van der Waals surface area contributed by atoms with Crippen LogP contribution in [-0.2, 0) is 11.3 Å². The van der Waals surface area contributed by atoms with Crippen LogP contribution in [0.1, 0.15) is 16.6 Å². The van der Waals surface area contributed by atoms with Crippen LogP contribution in [0, 0.1) is 0 Å². The summed E-state index contributed by atoms with van der Waals surface area (Å²) in [5, 5.41) is 6.17. The van der Waals surface area contributed by atoms with E-state index < -0.39 is 0 Å². The van der Waals surface area contributed by atoms with Gasteiger partial charge in [0.25, 0.3) is 0 Å². The Hall–Kier alpha value is -1.14. The van der Waals surface area contributed by atoms with Gasteiger partial charge in [0.05, 0.1) is 23.5 Å². The van der Waals surface area contributed by atoms with E-state index in [9.17, 15) is 4.79 Å². The first-order valence-corrected chi connectivity index (χ1v) is 6.73. The molecule has 0 bridgehead atoms. The van der Waals surface area contributed by atoms with E-state index in [2.05, 4.69) is 21.0 Å². The number of hydrogen-bond acceptors (Lipinski definition) is 4. The normalized spacial score (nSPS) is 10.5. The summed E-state index contributed by atoms with van der Waals surface area (Å²) in [5.41, 5.74) is 1.96. The summed E-state index contributed by atoms with van der Waals surface area (Å²) in [6, 6.07) is 1.82. The molecule has 90 valence electrons. The number of halogens is 1. The second kappa shape index (κ2) is 5.01. The lowest BCUT2D eigenvalue weighted by atomic mass is 10.2. The van der Waals surface area contributed by atoms with Gasteiger partial charge < -0.3 is 4.74 Å². The first-order chi connectivity index (χ1) is 8.17. The second-order valence-electron chi connectivity index (χ2n) is 3.35. The number of carbonyl (C=O) groups is 1. The summed E-state index contributed by atoms with van der Waals surface area (Å²) >= 11 is 4.84. The van der Waals surface area contributed by atoms with Crippen molar-refractivity contribution in [3.63, 3.8) is 0 Å². The van der Waals surface area contributed by atoms with Crippen molar-refractivity contribution in [3.05, 3.63) is 27.0 Å². The van der Waals surface area contributed by atoms with Crippen molar-refractivity contribution >= 4 is 33.2 Å². The van der Waals surface area contributed by atoms with Crippen LogP contribution in [0.2, 0.25) is 0 Å². The SMILES string of the molecule is CCn1ncc(Br)c1-c1csc(C(=O)OC)c1. The van der Waals surface area contributed by atoms with Gasteiger partial charge in [-0.25, -0.2) is 4.79 Å². The molecular formula is C11H11BrN2O2S. The summed E-state index contributed by atoms with van der Waals surface area (Å²) in [4.78, 5) is 12.0. The molecule has 0 aliphatic rings. The van der Waals surface area contributed by atoms with Crippen molar-refractivity contribution in [2.24, 2.45) is 0 Å². The van der Waals surface area contributed by atoms with E-state index in [0.29, 0.717) is 4.88 Å². The van der Waals surface area contributed by atoms with Gasteiger partial charge in [-0.1, -0.05) is 0 Å². The van der Waals surface area contributed by atoms with Gasteiger partial charge in [-0.05, 0) is 28.9 Å². The summed E-state index contributed by atoms with van der Waals surface area (Å²) in [6.45, 7) is 2.81. The largest absolute Gasteiger partial charge is 0.465 e. The molecule has 0 atom stereocenters. The molecule has 2 heterocycles. The lowest BCUT2D eigenvalue weighted by Gasteiger charge is -2.02. The topological polar surface area (TPSA) is 44.1 Å². The second-order valence-corrected chi connectivity index (χ2v) is 5.11. The number of aryl methyl sites for hydroxylation is 1. The Labute approximate surface area is 111 Å². The highest BCUT2D eigenvalue weighted by atomic mass is 79.9. The Morgan fingerprint density at radius 2 is 2.41 bits per heavy atom. The van der Waals surface area contributed by atoms with Crippen LogP contribution in [0.4, 0.5) is 0 Å². The molecule has 0 aromatic carbocycles. The van der Waals surface area contributed by atoms with E-state index >= 15 is 0 Å². The molecule has 2 rings (SSSR count). The van der Waals surface area contributed by atoms with E-state index in [1.165, 1.54) is 18.4 Å². The average molecular weight is 315 g/mol. The average Bonchev–Trinajstić information content (AvgIpc) is 2.93. The number of ether oxygens (including phenoxy) is 1. The molecule has 0 amide bonds.